The van der Waals surface area contributed by atoms with Crippen molar-refractivity contribution in [3.05, 3.63) is 18.5 Å². The van der Waals surface area contributed by atoms with E-state index in [4.69, 9.17) is 0 Å². The van der Waals surface area contributed by atoms with E-state index in [1.165, 1.54) is 4.90 Å². The number of hydrogen-bond donors (Lipinski definition) is 2. The van der Waals surface area contributed by atoms with Crippen LogP contribution in [0, 0.1) is 0 Å². The first-order chi connectivity index (χ1) is 7.59. The molecule has 0 bridgehead atoms. The van der Waals surface area contributed by atoms with Gasteiger partial charge in [-0.2, -0.15) is 5.10 Å². The van der Waals surface area contributed by atoms with E-state index in [1.807, 2.05) is 0 Å². The van der Waals surface area contributed by atoms with Gasteiger partial charge in [-0.25, -0.2) is 0 Å². The minimum Gasteiger partial charge on any atom is -0.388 e. The highest BCUT2D eigenvalue weighted by atomic mass is 16.3. The molecule has 6 heteroatoms. The molecule has 2 N–H and O–H groups in total. The summed E-state index contributed by atoms with van der Waals surface area (Å²) in [7, 11) is 0. The third kappa shape index (κ3) is 1.94. The van der Waals surface area contributed by atoms with Crippen molar-refractivity contribution >= 4 is 5.91 Å². The van der Waals surface area contributed by atoms with Crippen LogP contribution < -0.4 is 0 Å². The smallest absolute Gasteiger partial charge is 0.247 e. The molecule has 2 heterocycles. The van der Waals surface area contributed by atoms with Crippen LogP contribution in [0.4, 0.5) is 0 Å². The van der Waals surface area contributed by atoms with Crippen LogP contribution in [0.2, 0.25) is 0 Å². The standard InChI is InChI=1S/C10H15N3O3/c1-7(13-4-2-3-11-13)10(16)12-5-8(14)9(15)6-12/h2-4,7-9,14-15H,5-6H2,1H3. The lowest BCUT2D eigenvalue weighted by Gasteiger charge is -2.20. The van der Waals surface area contributed by atoms with Gasteiger partial charge >= 0.3 is 0 Å². The Balaban J connectivity index is 2.03. The Hall–Kier alpha value is -1.40. The van der Waals surface area contributed by atoms with Crippen LogP contribution in [0.5, 0.6) is 0 Å². The fraction of sp³-hybridized carbons (Fsp3) is 0.600. The van der Waals surface area contributed by atoms with Gasteiger partial charge in [0.05, 0.1) is 12.2 Å². The Kier molecular flexibility index (Phi) is 2.93. The van der Waals surface area contributed by atoms with Crippen LogP contribution in [-0.2, 0) is 4.79 Å². The average molecular weight is 225 g/mol. The lowest BCUT2D eigenvalue weighted by Crippen LogP contribution is -2.35. The van der Waals surface area contributed by atoms with Gasteiger partial charge in [-0.3, -0.25) is 9.48 Å². The van der Waals surface area contributed by atoms with Crippen molar-refractivity contribution in [1.29, 1.82) is 0 Å². The number of carbonyl (C=O) groups excluding carboxylic acids is 1. The van der Waals surface area contributed by atoms with Crippen molar-refractivity contribution in [2.24, 2.45) is 0 Å². The topological polar surface area (TPSA) is 78.6 Å². The van der Waals surface area contributed by atoms with Crippen molar-refractivity contribution in [3.63, 3.8) is 0 Å². The maximum Gasteiger partial charge on any atom is 0.247 e. The molecule has 3 unspecified atom stereocenters. The van der Waals surface area contributed by atoms with Crippen LogP contribution in [0.25, 0.3) is 0 Å². The number of likely N-dealkylation sites (tertiary alicyclic amines) is 1. The number of aliphatic hydroxyl groups is 2. The molecule has 0 saturated carbocycles. The van der Waals surface area contributed by atoms with E-state index in [2.05, 4.69) is 5.10 Å². The number of rotatable bonds is 2. The first-order valence-corrected chi connectivity index (χ1v) is 5.23. The zero-order chi connectivity index (χ0) is 11.7. The van der Waals surface area contributed by atoms with Gasteiger partial charge in [-0.1, -0.05) is 0 Å². The lowest BCUT2D eigenvalue weighted by atomic mass is 10.3. The molecule has 1 amide bonds. The van der Waals surface area contributed by atoms with Gasteiger partial charge in [0.1, 0.15) is 6.04 Å². The monoisotopic (exact) mass is 225 g/mol. The molecule has 6 nitrogen and oxygen atoms in total. The first-order valence-electron chi connectivity index (χ1n) is 5.23. The van der Waals surface area contributed by atoms with Crippen molar-refractivity contribution in [3.8, 4) is 0 Å². The van der Waals surface area contributed by atoms with Crippen molar-refractivity contribution < 1.29 is 15.0 Å². The second-order valence-electron chi connectivity index (χ2n) is 4.04. The number of amides is 1. The Bertz CT molecular complexity index is 355. The molecule has 1 aromatic heterocycles. The Morgan fingerprint density at radius 3 is 2.56 bits per heavy atom. The fourth-order valence-electron chi connectivity index (χ4n) is 1.84. The number of aromatic nitrogens is 2. The van der Waals surface area contributed by atoms with E-state index in [-0.39, 0.29) is 19.0 Å². The van der Waals surface area contributed by atoms with Crippen LogP contribution in [0.15, 0.2) is 18.5 Å². The summed E-state index contributed by atoms with van der Waals surface area (Å²) in [6.45, 7) is 2.11. The molecule has 1 aliphatic heterocycles. The van der Waals surface area contributed by atoms with Gasteiger partial charge in [0.25, 0.3) is 0 Å². The number of carbonyl (C=O) groups is 1. The average Bonchev–Trinajstić information content (AvgIpc) is 2.87. The predicted octanol–water partition coefficient (Wildman–Crippen LogP) is -0.992. The van der Waals surface area contributed by atoms with Gasteiger partial charge in [-0.15, -0.1) is 0 Å². The molecule has 3 atom stereocenters. The summed E-state index contributed by atoms with van der Waals surface area (Å²) >= 11 is 0. The van der Waals surface area contributed by atoms with Gasteiger partial charge in [0, 0.05) is 25.5 Å². The van der Waals surface area contributed by atoms with E-state index in [0.717, 1.165) is 0 Å². The normalized spacial score (nSPS) is 27.1. The van der Waals surface area contributed by atoms with Crippen LogP contribution in [0.3, 0.4) is 0 Å². The van der Waals surface area contributed by atoms with Gasteiger partial charge in [0.2, 0.25) is 5.91 Å². The zero-order valence-electron chi connectivity index (χ0n) is 9.02. The van der Waals surface area contributed by atoms with Crippen LogP contribution in [0.1, 0.15) is 13.0 Å². The Labute approximate surface area is 93.1 Å². The summed E-state index contributed by atoms with van der Waals surface area (Å²) in [5, 5.41) is 22.7. The van der Waals surface area contributed by atoms with E-state index < -0.39 is 18.2 Å². The minimum atomic E-state index is -0.839. The largest absolute Gasteiger partial charge is 0.388 e. The molecule has 16 heavy (non-hydrogen) atoms. The van der Waals surface area contributed by atoms with Crippen molar-refractivity contribution in [1.82, 2.24) is 14.7 Å². The third-order valence-corrected chi connectivity index (χ3v) is 2.85. The van der Waals surface area contributed by atoms with Crippen molar-refractivity contribution in [2.45, 2.75) is 25.2 Å². The lowest BCUT2D eigenvalue weighted by molar-refractivity contribution is -0.134. The summed E-state index contributed by atoms with van der Waals surface area (Å²) in [5.74, 6) is -0.140. The Morgan fingerprint density at radius 2 is 2.06 bits per heavy atom. The molecule has 1 saturated heterocycles. The van der Waals surface area contributed by atoms with E-state index in [0.29, 0.717) is 0 Å². The summed E-state index contributed by atoms with van der Waals surface area (Å²) in [4.78, 5) is 13.4. The summed E-state index contributed by atoms with van der Waals surface area (Å²) in [6.07, 6.45) is 1.64. The second-order valence-corrected chi connectivity index (χ2v) is 4.04. The third-order valence-electron chi connectivity index (χ3n) is 2.85. The Morgan fingerprint density at radius 1 is 1.44 bits per heavy atom. The van der Waals surface area contributed by atoms with Crippen LogP contribution in [-0.4, -0.2) is 56.1 Å². The van der Waals surface area contributed by atoms with Gasteiger partial charge < -0.3 is 15.1 Å². The van der Waals surface area contributed by atoms with E-state index >= 15 is 0 Å². The predicted molar refractivity (Wildman–Crippen MR) is 55.5 cm³/mol. The molecule has 0 radical (unpaired) electrons. The number of aliphatic hydroxyl groups excluding tert-OH is 2. The molecule has 1 aromatic rings. The summed E-state index contributed by atoms with van der Waals surface area (Å²) in [5.41, 5.74) is 0. The maximum absolute atomic E-state index is 12.0. The highest BCUT2D eigenvalue weighted by molar-refractivity contribution is 5.80. The van der Waals surface area contributed by atoms with Crippen molar-refractivity contribution in [2.75, 3.05) is 13.1 Å². The first kappa shape index (κ1) is 11.1. The second kappa shape index (κ2) is 4.23. The highest BCUT2D eigenvalue weighted by Gasteiger charge is 2.34. The van der Waals surface area contributed by atoms with E-state index in [1.54, 1.807) is 30.1 Å². The quantitative estimate of drug-likeness (QED) is 0.677. The van der Waals surface area contributed by atoms with Crippen LogP contribution >= 0.6 is 0 Å². The molecule has 2 rings (SSSR count). The molecule has 0 aliphatic carbocycles. The number of β-amino-alcohol motifs (C(OH)–C–C–N with tert-alkyl or cyclic N) is 2. The number of hydrogen-bond acceptors (Lipinski definition) is 4. The van der Waals surface area contributed by atoms with Gasteiger partial charge in [0.15, 0.2) is 0 Å². The maximum atomic E-state index is 12.0. The zero-order valence-corrected chi connectivity index (χ0v) is 9.02. The molecular formula is C10H15N3O3. The molecule has 0 aromatic carbocycles. The highest BCUT2D eigenvalue weighted by Crippen LogP contribution is 2.15. The molecule has 1 fully saturated rings. The molecular weight excluding hydrogens is 210 g/mol. The van der Waals surface area contributed by atoms with Gasteiger partial charge in [-0.05, 0) is 13.0 Å². The fourth-order valence-corrected chi connectivity index (χ4v) is 1.84. The SMILES string of the molecule is CC(C(=O)N1CC(O)C(O)C1)n1cccn1. The molecule has 88 valence electrons. The summed E-state index contributed by atoms with van der Waals surface area (Å²) in [6, 6.07) is 1.34. The minimum absolute atomic E-state index is 0.140. The summed E-state index contributed by atoms with van der Waals surface area (Å²) < 4.78 is 1.55. The molecule has 0 spiro atoms. The van der Waals surface area contributed by atoms with E-state index in [9.17, 15) is 15.0 Å². The molecule has 1 aliphatic rings. The number of nitrogens with zero attached hydrogens (tertiary/aromatic N) is 3.